The average molecular weight is 361 g/mol. The summed E-state index contributed by atoms with van der Waals surface area (Å²) in [4.78, 5) is 21.4. The van der Waals surface area contributed by atoms with E-state index in [1.165, 1.54) is 12.1 Å². The zero-order valence-electron chi connectivity index (χ0n) is 14.6. The Kier molecular flexibility index (Phi) is 4.33. The van der Waals surface area contributed by atoms with Crippen molar-refractivity contribution in [1.82, 2.24) is 25.1 Å². The number of hydrogen-bond donors (Lipinski definition) is 1. The zero-order chi connectivity index (χ0) is 18.8. The molecule has 0 atom stereocenters. The molecule has 1 aromatic carbocycles. The summed E-state index contributed by atoms with van der Waals surface area (Å²) in [6.07, 6.45) is 4.98. The number of carbonyl (C=O) groups is 1. The van der Waals surface area contributed by atoms with Gasteiger partial charge in [0.05, 0.1) is 22.8 Å². The van der Waals surface area contributed by atoms with Crippen LogP contribution in [-0.2, 0) is 13.6 Å². The number of halogens is 1. The third-order valence-electron chi connectivity index (χ3n) is 4.29. The first-order valence-corrected chi connectivity index (χ1v) is 8.37. The Bertz CT molecular complexity index is 1110. The maximum atomic E-state index is 13.2. The predicted molar refractivity (Wildman–Crippen MR) is 99.3 cm³/mol. The molecule has 3 heterocycles. The molecule has 0 aliphatic carbocycles. The van der Waals surface area contributed by atoms with Crippen LogP contribution in [0.25, 0.3) is 22.3 Å². The standard InChI is InChI=1S/C20H16FN5O/c1-26-19-17(12-24-26)16(20(27)23-11-13-6-8-22-9-7-13)10-18(25-19)14-2-4-15(21)5-3-14/h2-10,12H,11H2,1H3,(H,23,27). The smallest absolute Gasteiger partial charge is 0.252 e. The monoisotopic (exact) mass is 361 g/mol. The second kappa shape index (κ2) is 6.95. The second-order valence-electron chi connectivity index (χ2n) is 6.11. The van der Waals surface area contributed by atoms with E-state index in [9.17, 15) is 9.18 Å². The number of benzene rings is 1. The molecule has 0 aliphatic rings. The lowest BCUT2D eigenvalue weighted by Gasteiger charge is -2.09. The van der Waals surface area contributed by atoms with Crippen molar-refractivity contribution in [2.24, 2.45) is 7.05 Å². The molecule has 0 unspecified atom stereocenters. The summed E-state index contributed by atoms with van der Waals surface area (Å²) in [6, 6.07) is 11.4. The average Bonchev–Trinajstić information content (AvgIpc) is 3.08. The van der Waals surface area contributed by atoms with Gasteiger partial charge in [0.1, 0.15) is 5.82 Å². The van der Waals surface area contributed by atoms with E-state index in [4.69, 9.17) is 0 Å². The van der Waals surface area contributed by atoms with Crippen molar-refractivity contribution in [3.63, 3.8) is 0 Å². The highest BCUT2D eigenvalue weighted by Crippen LogP contribution is 2.25. The summed E-state index contributed by atoms with van der Waals surface area (Å²) in [5.74, 6) is -0.550. The van der Waals surface area contributed by atoms with Crippen molar-refractivity contribution in [2.45, 2.75) is 6.54 Å². The molecule has 27 heavy (non-hydrogen) atoms. The molecule has 0 spiro atoms. The first-order valence-electron chi connectivity index (χ1n) is 8.37. The van der Waals surface area contributed by atoms with Gasteiger partial charge in [-0.1, -0.05) is 0 Å². The molecule has 3 aromatic heterocycles. The number of rotatable bonds is 4. The van der Waals surface area contributed by atoms with Gasteiger partial charge in [-0.05, 0) is 48.0 Å². The maximum absolute atomic E-state index is 13.2. The highest BCUT2D eigenvalue weighted by molar-refractivity contribution is 6.06. The highest BCUT2D eigenvalue weighted by atomic mass is 19.1. The van der Waals surface area contributed by atoms with Crippen LogP contribution in [-0.4, -0.2) is 25.7 Å². The first kappa shape index (κ1) is 16.8. The van der Waals surface area contributed by atoms with Crippen LogP contribution in [0.15, 0.2) is 61.1 Å². The van der Waals surface area contributed by atoms with Crippen molar-refractivity contribution in [1.29, 1.82) is 0 Å². The van der Waals surface area contributed by atoms with E-state index < -0.39 is 0 Å². The summed E-state index contributed by atoms with van der Waals surface area (Å²) < 4.78 is 14.8. The number of amides is 1. The van der Waals surface area contributed by atoms with Crippen molar-refractivity contribution in [3.8, 4) is 11.3 Å². The molecule has 0 saturated heterocycles. The predicted octanol–water partition coefficient (Wildman–Crippen LogP) is 3.10. The van der Waals surface area contributed by atoms with Gasteiger partial charge in [-0.2, -0.15) is 5.10 Å². The molecular weight excluding hydrogens is 345 g/mol. The Balaban J connectivity index is 1.72. The quantitative estimate of drug-likeness (QED) is 0.606. The number of fused-ring (bicyclic) bond motifs is 1. The maximum Gasteiger partial charge on any atom is 0.252 e. The van der Waals surface area contributed by atoms with Crippen molar-refractivity contribution < 1.29 is 9.18 Å². The molecule has 0 bridgehead atoms. The van der Waals surface area contributed by atoms with Gasteiger partial charge in [0, 0.05) is 31.5 Å². The fourth-order valence-electron chi connectivity index (χ4n) is 2.85. The molecule has 4 rings (SSSR count). The topological polar surface area (TPSA) is 72.7 Å². The Morgan fingerprint density at radius 2 is 1.89 bits per heavy atom. The van der Waals surface area contributed by atoms with Crippen molar-refractivity contribution in [3.05, 3.63) is 78.0 Å². The molecule has 1 N–H and O–H groups in total. The van der Waals surface area contributed by atoms with Gasteiger partial charge in [-0.3, -0.25) is 14.5 Å². The lowest BCUT2D eigenvalue weighted by atomic mass is 10.1. The van der Waals surface area contributed by atoms with Crippen molar-refractivity contribution in [2.75, 3.05) is 0 Å². The van der Waals surface area contributed by atoms with Crippen LogP contribution in [0.1, 0.15) is 15.9 Å². The van der Waals surface area contributed by atoms with E-state index in [2.05, 4.69) is 20.4 Å². The fourth-order valence-corrected chi connectivity index (χ4v) is 2.85. The summed E-state index contributed by atoms with van der Waals surface area (Å²) in [7, 11) is 1.77. The van der Waals surface area contributed by atoms with Crippen LogP contribution in [0.3, 0.4) is 0 Å². The number of nitrogens with zero attached hydrogens (tertiary/aromatic N) is 4. The molecule has 1 amide bonds. The van der Waals surface area contributed by atoms with Gasteiger partial charge in [0.2, 0.25) is 0 Å². The SMILES string of the molecule is Cn1ncc2c(C(=O)NCc3ccncc3)cc(-c3ccc(F)cc3)nc21. The van der Waals surface area contributed by atoms with Gasteiger partial charge >= 0.3 is 0 Å². The lowest BCUT2D eigenvalue weighted by molar-refractivity contribution is 0.0952. The number of aryl methyl sites for hydroxylation is 1. The largest absolute Gasteiger partial charge is 0.348 e. The Morgan fingerprint density at radius 3 is 2.63 bits per heavy atom. The number of aromatic nitrogens is 4. The van der Waals surface area contributed by atoms with E-state index >= 15 is 0 Å². The van der Waals surface area contributed by atoms with E-state index in [0.717, 1.165) is 11.1 Å². The normalized spacial score (nSPS) is 10.9. The van der Waals surface area contributed by atoms with Crippen LogP contribution >= 0.6 is 0 Å². The highest BCUT2D eigenvalue weighted by Gasteiger charge is 2.16. The van der Waals surface area contributed by atoms with Gasteiger partial charge < -0.3 is 5.32 Å². The number of hydrogen-bond acceptors (Lipinski definition) is 4. The van der Waals surface area contributed by atoms with E-state index in [1.807, 2.05) is 12.1 Å². The first-order chi connectivity index (χ1) is 13.1. The number of carbonyl (C=O) groups excluding carboxylic acids is 1. The molecule has 134 valence electrons. The molecule has 7 heteroatoms. The third-order valence-corrected chi connectivity index (χ3v) is 4.29. The van der Waals surface area contributed by atoms with Crippen LogP contribution < -0.4 is 5.32 Å². The molecule has 0 saturated carbocycles. The van der Waals surface area contributed by atoms with Crippen LogP contribution in [0.4, 0.5) is 4.39 Å². The Hall–Kier alpha value is -3.61. The van der Waals surface area contributed by atoms with E-state index in [1.54, 1.807) is 48.5 Å². The van der Waals surface area contributed by atoms with Crippen molar-refractivity contribution >= 4 is 16.9 Å². The van der Waals surface area contributed by atoms with Gasteiger partial charge in [0.15, 0.2) is 5.65 Å². The summed E-state index contributed by atoms with van der Waals surface area (Å²) in [6.45, 7) is 0.386. The Labute approximate surface area is 154 Å². The second-order valence-corrected chi connectivity index (χ2v) is 6.11. The molecular formula is C20H16FN5O. The Morgan fingerprint density at radius 1 is 1.15 bits per heavy atom. The fraction of sp³-hybridized carbons (Fsp3) is 0.100. The van der Waals surface area contributed by atoms with E-state index in [-0.39, 0.29) is 11.7 Å². The summed E-state index contributed by atoms with van der Waals surface area (Å²) in [5, 5.41) is 7.79. The lowest BCUT2D eigenvalue weighted by Crippen LogP contribution is -2.23. The molecule has 0 aliphatic heterocycles. The molecule has 4 aromatic rings. The number of pyridine rings is 2. The minimum atomic E-state index is -0.323. The minimum absolute atomic E-state index is 0.226. The van der Waals surface area contributed by atoms with E-state index in [0.29, 0.717) is 28.8 Å². The summed E-state index contributed by atoms with van der Waals surface area (Å²) in [5.41, 5.74) is 3.32. The van der Waals surface area contributed by atoms with Crippen LogP contribution in [0.2, 0.25) is 0 Å². The van der Waals surface area contributed by atoms with Gasteiger partial charge in [-0.25, -0.2) is 9.37 Å². The number of nitrogens with one attached hydrogen (secondary N) is 1. The van der Waals surface area contributed by atoms with Crippen LogP contribution in [0, 0.1) is 5.82 Å². The summed E-state index contributed by atoms with van der Waals surface area (Å²) >= 11 is 0. The van der Waals surface area contributed by atoms with Crippen LogP contribution in [0.5, 0.6) is 0 Å². The molecule has 0 radical (unpaired) electrons. The zero-order valence-corrected chi connectivity index (χ0v) is 14.6. The minimum Gasteiger partial charge on any atom is -0.348 e. The molecule has 0 fully saturated rings. The van der Waals surface area contributed by atoms with Gasteiger partial charge in [0.25, 0.3) is 5.91 Å². The van der Waals surface area contributed by atoms with Gasteiger partial charge in [-0.15, -0.1) is 0 Å². The molecule has 6 nitrogen and oxygen atoms in total. The third kappa shape index (κ3) is 3.39.